The molecule has 0 aliphatic rings. The van der Waals surface area contributed by atoms with Gasteiger partial charge < -0.3 is 4.98 Å². The van der Waals surface area contributed by atoms with Crippen molar-refractivity contribution in [3.8, 4) is 0 Å². The number of benzene rings is 2. The molecule has 4 rings (SSSR count). The molecule has 6 heteroatoms. The minimum absolute atomic E-state index is 0.0553. The summed E-state index contributed by atoms with van der Waals surface area (Å²) in [5.74, 6) is 0.776. The number of hydrogen-bond acceptors (Lipinski definition) is 5. The van der Waals surface area contributed by atoms with Crippen molar-refractivity contribution in [3.63, 3.8) is 0 Å². The number of aromatic nitrogens is 4. The summed E-state index contributed by atoms with van der Waals surface area (Å²) in [6.07, 6.45) is 14.7. The highest BCUT2D eigenvalue weighted by atomic mass is 32.2. The molecule has 0 amide bonds. The van der Waals surface area contributed by atoms with E-state index in [4.69, 9.17) is 4.98 Å². The van der Waals surface area contributed by atoms with E-state index in [1.54, 1.807) is 24.2 Å². The summed E-state index contributed by atoms with van der Waals surface area (Å²) in [5.41, 5.74) is 5.15. The van der Waals surface area contributed by atoms with Gasteiger partial charge in [-0.1, -0.05) is 98.1 Å². The van der Waals surface area contributed by atoms with Gasteiger partial charge >= 0.3 is 0 Å². The van der Waals surface area contributed by atoms with Crippen LogP contribution in [0.2, 0.25) is 0 Å². The zero-order valence-electron chi connectivity index (χ0n) is 20.7. The smallest absolute Gasteiger partial charge is 0.255 e. The monoisotopic (exact) mass is 498 g/mol. The average molecular weight is 499 g/mol. The van der Waals surface area contributed by atoms with Crippen molar-refractivity contribution >= 4 is 11.8 Å². The average Bonchev–Trinajstić information content (AvgIpc) is 2.92. The molecular formula is C30H34N4OS. The van der Waals surface area contributed by atoms with E-state index in [2.05, 4.69) is 57.4 Å². The van der Waals surface area contributed by atoms with E-state index in [0.29, 0.717) is 11.6 Å². The minimum atomic E-state index is -0.0553. The van der Waals surface area contributed by atoms with E-state index in [1.165, 1.54) is 43.1 Å². The van der Waals surface area contributed by atoms with Gasteiger partial charge in [-0.25, -0.2) is 15.0 Å². The second-order valence-electron chi connectivity index (χ2n) is 9.10. The van der Waals surface area contributed by atoms with Crippen molar-refractivity contribution in [1.29, 1.82) is 0 Å². The van der Waals surface area contributed by atoms with E-state index in [1.807, 2.05) is 18.2 Å². The summed E-state index contributed by atoms with van der Waals surface area (Å²) in [7, 11) is 0. The van der Waals surface area contributed by atoms with Gasteiger partial charge in [-0.15, -0.1) is 0 Å². The summed E-state index contributed by atoms with van der Waals surface area (Å²) in [4.78, 5) is 29.1. The number of nitrogens with one attached hydrogen (secondary N) is 1. The lowest BCUT2D eigenvalue weighted by atomic mass is 10.0. The molecule has 186 valence electrons. The Bertz CT molecular complexity index is 1230. The lowest BCUT2D eigenvalue weighted by Gasteiger charge is -2.11. The highest BCUT2D eigenvalue weighted by molar-refractivity contribution is 7.98. The van der Waals surface area contributed by atoms with Crippen LogP contribution in [-0.2, 0) is 25.0 Å². The number of rotatable bonds is 14. The predicted molar refractivity (Wildman–Crippen MR) is 147 cm³/mol. The number of H-pyrrole nitrogens is 1. The third-order valence-corrected chi connectivity index (χ3v) is 7.21. The fourth-order valence-corrected chi connectivity index (χ4v) is 5.14. The number of aryl methyl sites for hydroxylation is 2. The zero-order valence-corrected chi connectivity index (χ0v) is 21.6. The first kappa shape index (κ1) is 25.8. The van der Waals surface area contributed by atoms with Gasteiger partial charge in [0.2, 0.25) is 0 Å². The van der Waals surface area contributed by atoms with E-state index >= 15 is 0 Å². The summed E-state index contributed by atoms with van der Waals surface area (Å²) in [5, 5.41) is 0.688. The first-order valence-corrected chi connectivity index (χ1v) is 13.8. The molecule has 4 aromatic rings. The van der Waals surface area contributed by atoms with Crippen LogP contribution in [0.3, 0.4) is 0 Å². The van der Waals surface area contributed by atoms with Crippen molar-refractivity contribution in [3.05, 3.63) is 118 Å². The molecule has 0 atom stereocenters. The van der Waals surface area contributed by atoms with Crippen molar-refractivity contribution in [1.82, 2.24) is 19.9 Å². The molecule has 0 aliphatic heterocycles. The molecule has 0 bridgehead atoms. The quantitative estimate of drug-likeness (QED) is 0.121. The van der Waals surface area contributed by atoms with Crippen LogP contribution in [0.15, 0.2) is 89.3 Å². The number of unbranched alkanes of at least 4 members (excludes halogenated alkanes) is 5. The van der Waals surface area contributed by atoms with E-state index in [0.717, 1.165) is 48.3 Å². The van der Waals surface area contributed by atoms with Crippen LogP contribution in [0.4, 0.5) is 0 Å². The van der Waals surface area contributed by atoms with Crippen molar-refractivity contribution in [2.24, 2.45) is 0 Å². The Morgan fingerprint density at radius 1 is 0.694 bits per heavy atom. The van der Waals surface area contributed by atoms with Crippen LogP contribution in [-0.4, -0.2) is 19.9 Å². The number of aromatic amines is 1. The molecule has 0 saturated heterocycles. The van der Waals surface area contributed by atoms with Crippen LogP contribution in [0.5, 0.6) is 0 Å². The van der Waals surface area contributed by atoms with E-state index < -0.39 is 0 Å². The highest BCUT2D eigenvalue weighted by Gasteiger charge is 2.13. The summed E-state index contributed by atoms with van der Waals surface area (Å²) >= 11 is 1.58. The first-order valence-electron chi connectivity index (χ1n) is 12.8. The molecule has 2 heterocycles. The maximum Gasteiger partial charge on any atom is 0.255 e. The molecular weight excluding hydrogens is 464 g/mol. The Kier molecular flexibility index (Phi) is 10.3. The maximum absolute atomic E-state index is 13.1. The Morgan fingerprint density at radius 2 is 1.31 bits per heavy atom. The van der Waals surface area contributed by atoms with Crippen LogP contribution in [0.1, 0.15) is 66.5 Å². The third kappa shape index (κ3) is 8.45. The summed E-state index contributed by atoms with van der Waals surface area (Å²) < 4.78 is 0. The highest BCUT2D eigenvalue weighted by Crippen LogP contribution is 2.21. The standard InChI is InChI=1S/C30H34N4OS/c35-29-27(19-26-20-31-23-32-21-26)28(33-30(34-29)36-22-25-16-10-6-11-17-25)18-12-4-2-1-3-7-13-24-14-8-5-9-15-24/h5-6,8-11,14-17,20-21,23H,1-4,7,12-13,18-19,22H2,(H,33,34,35). The Labute approximate surface area is 217 Å². The van der Waals surface area contributed by atoms with Gasteiger partial charge in [-0.05, 0) is 42.4 Å². The molecule has 2 aromatic carbocycles. The molecule has 0 radical (unpaired) electrons. The van der Waals surface area contributed by atoms with E-state index in [9.17, 15) is 4.79 Å². The molecule has 0 aliphatic carbocycles. The summed E-state index contributed by atoms with van der Waals surface area (Å²) in [6.45, 7) is 0. The minimum Gasteiger partial charge on any atom is -0.301 e. The molecule has 1 N–H and O–H groups in total. The molecule has 0 fully saturated rings. The van der Waals surface area contributed by atoms with Crippen molar-refractivity contribution in [2.75, 3.05) is 0 Å². The molecule has 0 saturated carbocycles. The maximum atomic E-state index is 13.1. The fourth-order valence-electron chi connectivity index (χ4n) is 4.30. The normalized spacial score (nSPS) is 11.0. The molecule has 36 heavy (non-hydrogen) atoms. The number of hydrogen-bond donors (Lipinski definition) is 1. The molecule has 5 nitrogen and oxygen atoms in total. The molecule has 0 unspecified atom stereocenters. The van der Waals surface area contributed by atoms with Gasteiger partial charge in [-0.2, -0.15) is 0 Å². The van der Waals surface area contributed by atoms with Gasteiger partial charge in [0.05, 0.1) is 5.69 Å². The van der Waals surface area contributed by atoms with Gasteiger partial charge in [0.25, 0.3) is 5.56 Å². The van der Waals surface area contributed by atoms with Gasteiger partial charge in [0.15, 0.2) is 5.16 Å². The molecule has 2 aromatic heterocycles. The summed E-state index contributed by atoms with van der Waals surface area (Å²) in [6, 6.07) is 21.0. The Hall–Kier alpha value is -3.25. The van der Waals surface area contributed by atoms with Crippen molar-refractivity contribution in [2.45, 2.75) is 68.7 Å². The van der Waals surface area contributed by atoms with Gasteiger partial charge in [0.1, 0.15) is 6.33 Å². The first-order chi connectivity index (χ1) is 17.8. The van der Waals surface area contributed by atoms with Crippen LogP contribution in [0, 0.1) is 0 Å². The SMILES string of the molecule is O=c1[nH]c(SCc2ccccc2)nc(CCCCCCCCc2ccccc2)c1Cc1cncnc1. The fraction of sp³-hybridized carbons (Fsp3) is 0.333. The Balaban J connectivity index is 1.31. The largest absolute Gasteiger partial charge is 0.301 e. The topological polar surface area (TPSA) is 71.5 Å². The van der Waals surface area contributed by atoms with Crippen molar-refractivity contribution < 1.29 is 0 Å². The van der Waals surface area contributed by atoms with Gasteiger partial charge in [0, 0.05) is 30.1 Å². The lowest BCUT2D eigenvalue weighted by Crippen LogP contribution is -2.19. The second-order valence-corrected chi connectivity index (χ2v) is 10.1. The zero-order chi connectivity index (χ0) is 24.8. The Morgan fingerprint density at radius 3 is 2.00 bits per heavy atom. The number of nitrogens with zero attached hydrogens (tertiary/aromatic N) is 3. The van der Waals surface area contributed by atoms with Gasteiger partial charge in [-0.3, -0.25) is 4.79 Å². The molecule has 0 spiro atoms. The second kappa shape index (κ2) is 14.3. The number of thioether (sulfide) groups is 1. The van der Waals surface area contributed by atoms with Crippen LogP contribution in [0.25, 0.3) is 0 Å². The van der Waals surface area contributed by atoms with Crippen LogP contribution < -0.4 is 5.56 Å². The lowest BCUT2D eigenvalue weighted by molar-refractivity contribution is 0.588. The third-order valence-electron chi connectivity index (χ3n) is 6.26. The predicted octanol–water partition coefficient (Wildman–Crippen LogP) is 6.57. The van der Waals surface area contributed by atoms with E-state index in [-0.39, 0.29) is 5.56 Å². The van der Waals surface area contributed by atoms with Crippen LogP contribution >= 0.6 is 11.8 Å².